The highest BCUT2D eigenvalue weighted by molar-refractivity contribution is 7.99. The number of hydrogen-bond acceptors (Lipinski definition) is 6. The fourth-order valence-electron chi connectivity index (χ4n) is 1.85. The topological polar surface area (TPSA) is 59.9 Å². The van der Waals surface area contributed by atoms with Crippen molar-refractivity contribution in [3.8, 4) is 6.01 Å². The molecule has 2 rings (SSSR count). The molecule has 19 heavy (non-hydrogen) atoms. The first-order valence-corrected chi connectivity index (χ1v) is 8.00. The lowest BCUT2D eigenvalue weighted by Crippen LogP contribution is -2.21. The Labute approximate surface area is 122 Å². The molecule has 1 aliphatic heterocycles. The minimum absolute atomic E-state index is 0.0141. The zero-order chi connectivity index (χ0) is 13.7. The van der Waals surface area contributed by atoms with Gasteiger partial charge in [-0.3, -0.25) is 0 Å². The predicted molar refractivity (Wildman–Crippen MR) is 79.2 cm³/mol. The number of nitrogens with one attached hydrogen (secondary N) is 1. The standard InChI is InChI=1S/C12H19ClN4OS/c1-8(2)18-12-16-10(13)15-11(17-12)14-7-9-5-3-4-6-19-9/h8-9H,3-7H2,1-2H3,(H,14,15,16,17). The van der Waals surface area contributed by atoms with E-state index in [0.717, 1.165) is 6.54 Å². The molecule has 2 heterocycles. The Morgan fingerprint density at radius 1 is 1.37 bits per heavy atom. The van der Waals surface area contributed by atoms with Crippen LogP contribution in [0, 0.1) is 0 Å². The van der Waals surface area contributed by atoms with Gasteiger partial charge in [0, 0.05) is 11.8 Å². The molecule has 0 amide bonds. The number of aromatic nitrogens is 3. The first-order chi connectivity index (χ1) is 9.13. The Balaban J connectivity index is 1.93. The molecule has 0 radical (unpaired) electrons. The van der Waals surface area contributed by atoms with Crippen molar-refractivity contribution in [3.05, 3.63) is 5.28 Å². The van der Waals surface area contributed by atoms with Gasteiger partial charge in [0.2, 0.25) is 11.2 Å². The summed E-state index contributed by atoms with van der Waals surface area (Å²) in [6, 6.07) is 0.272. The van der Waals surface area contributed by atoms with E-state index in [1.54, 1.807) is 0 Å². The van der Waals surface area contributed by atoms with E-state index in [1.165, 1.54) is 25.0 Å². The molecule has 0 bridgehead atoms. The van der Waals surface area contributed by atoms with E-state index < -0.39 is 0 Å². The Bertz CT molecular complexity index is 413. The Morgan fingerprint density at radius 2 is 2.21 bits per heavy atom. The average molecular weight is 303 g/mol. The summed E-state index contributed by atoms with van der Waals surface area (Å²) < 4.78 is 5.44. The van der Waals surface area contributed by atoms with E-state index >= 15 is 0 Å². The van der Waals surface area contributed by atoms with Crippen molar-refractivity contribution in [3.63, 3.8) is 0 Å². The molecule has 0 saturated carbocycles. The van der Waals surface area contributed by atoms with Crippen LogP contribution >= 0.6 is 23.4 Å². The minimum atomic E-state index is 0.0141. The number of halogens is 1. The lowest BCUT2D eigenvalue weighted by Gasteiger charge is -2.21. The highest BCUT2D eigenvalue weighted by Crippen LogP contribution is 2.25. The van der Waals surface area contributed by atoms with E-state index in [-0.39, 0.29) is 17.4 Å². The number of hydrogen-bond donors (Lipinski definition) is 1. The average Bonchev–Trinajstić information content (AvgIpc) is 2.36. The van der Waals surface area contributed by atoms with Gasteiger partial charge in [-0.1, -0.05) is 6.42 Å². The minimum Gasteiger partial charge on any atom is -0.461 e. The summed E-state index contributed by atoms with van der Waals surface area (Å²) in [4.78, 5) is 12.2. The normalized spacial score (nSPS) is 19.5. The van der Waals surface area contributed by atoms with Crippen LogP contribution in [0.5, 0.6) is 6.01 Å². The van der Waals surface area contributed by atoms with Gasteiger partial charge in [0.05, 0.1) is 6.10 Å². The van der Waals surface area contributed by atoms with Gasteiger partial charge >= 0.3 is 6.01 Å². The van der Waals surface area contributed by atoms with Crippen LogP contribution in [0.4, 0.5) is 5.95 Å². The van der Waals surface area contributed by atoms with Crippen LogP contribution in [0.15, 0.2) is 0 Å². The molecule has 1 aliphatic rings. The molecule has 1 unspecified atom stereocenters. The van der Waals surface area contributed by atoms with Gasteiger partial charge in [-0.05, 0) is 44.0 Å². The zero-order valence-corrected chi connectivity index (χ0v) is 12.8. The molecule has 0 spiro atoms. The second-order valence-corrected chi connectivity index (χ2v) is 6.49. The number of thioether (sulfide) groups is 1. The fourth-order valence-corrected chi connectivity index (χ4v) is 3.24. The molecule has 0 aromatic carbocycles. The lowest BCUT2D eigenvalue weighted by atomic mass is 10.2. The summed E-state index contributed by atoms with van der Waals surface area (Å²) in [6.07, 6.45) is 3.89. The second kappa shape index (κ2) is 7.14. The molecular weight excluding hydrogens is 284 g/mol. The molecule has 0 aliphatic carbocycles. The number of nitrogens with zero attached hydrogens (tertiary/aromatic N) is 3. The smallest absolute Gasteiger partial charge is 0.322 e. The maximum absolute atomic E-state index is 5.87. The zero-order valence-electron chi connectivity index (χ0n) is 11.2. The predicted octanol–water partition coefficient (Wildman–Crippen LogP) is 3.01. The van der Waals surface area contributed by atoms with E-state index in [0.29, 0.717) is 11.2 Å². The Hall–Kier alpha value is -0.750. The van der Waals surface area contributed by atoms with Crippen LogP contribution in [0.2, 0.25) is 5.28 Å². The highest BCUT2D eigenvalue weighted by Gasteiger charge is 2.15. The van der Waals surface area contributed by atoms with E-state index in [4.69, 9.17) is 16.3 Å². The number of anilines is 1. The SMILES string of the molecule is CC(C)Oc1nc(Cl)nc(NCC2CCCCS2)n1. The highest BCUT2D eigenvalue weighted by atomic mass is 35.5. The van der Waals surface area contributed by atoms with Gasteiger partial charge in [0.25, 0.3) is 0 Å². The van der Waals surface area contributed by atoms with Crippen LogP contribution < -0.4 is 10.1 Å². The van der Waals surface area contributed by atoms with Crippen molar-refractivity contribution in [2.24, 2.45) is 0 Å². The van der Waals surface area contributed by atoms with Crippen LogP contribution in [0.1, 0.15) is 33.1 Å². The van der Waals surface area contributed by atoms with Crippen molar-refractivity contribution in [2.75, 3.05) is 17.6 Å². The van der Waals surface area contributed by atoms with Crippen molar-refractivity contribution < 1.29 is 4.74 Å². The fraction of sp³-hybridized carbons (Fsp3) is 0.750. The van der Waals surface area contributed by atoms with E-state index in [9.17, 15) is 0 Å². The third kappa shape index (κ3) is 5.03. The molecule has 1 atom stereocenters. The molecule has 7 heteroatoms. The molecule has 1 saturated heterocycles. The first kappa shape index (κ1) is 14.7. The molecule has 5 nitrogen and oxygen atoms in total. The number of ether oxygens (including phenoxy) is 1. The van der Waals surface area contributed by atoms with Gasteiger partial charge in [0.15, 0.2) is 0 Å². The summed E-state index contributed by atoms with van der Waals surface area (Å²) in [5, 5.41) is 4.00. The van der Waals surface area contributed by atoms with Gasteiger partial charge < -0.3 is 10.1 Å². The Morgan fingerprint density at radius 3 is 2.89 bits per heavy atom. The lowest BCUT2D eigenvalue weighted by molar-refractivity contribution is 0.222. The maximum atomic E-state index is 5.87. The summed E-state index contributed by atoms with van der Waals surface area (Å²) in [5.74, 6) is 1.73. The molecule has 1 aromatic heterocycles. The molecule has 106 valence electrons. The third-order valence-electron chi connectivity index (χ3n) is 2.69. The van der Waals surface area contributed by atoms with Gasteiger partial charge in [0.1, 0.15) is 0 Å². The van der Waals surface area contributed by atoms with E-state index in [1.807, 2.05) is 25.6 Å². The summed E-state index contributed by atoms with van der Waals surface area (Å²) in [5.41, 5.74) is 0. The largest absolute Gasteiger partial charge is 0.461 e. The summed E-state index contributed by atoms with van der Waals surface area (Å²) in [7, 11) is 0. The quantitative estimate of drug-likeness (QED) is 0.902. The summed E-state index contributed by atoms with van der Waals surface area (Å²) in [6.45, 7) is 4.69. The van der Waals surface area contributed by atoms with Crippen molar-refractivity contribution in [1.29, 1.82) is 0 Å². The van der Waals surface area contributed by atoms with Crippen molar-refractivity contribution in [2.45, 2.75) is 44.5 Å². The van der Waals surface area contributed by atoms with Gasteiger partial charge in [-0.2, -0.15) is 26.7 Å². The first-order valence-electron chi connectivity index (χ1n) is 6.57. The third-order valence-corrected chi connectivity index (χ3v) is 4.26. The number of rotatable bonds is 5. The molecule has 1 N–H and O–H groups in total. The second-order valence-electron chi connectivity index (χ2n) is 4.75. The maximum Gasteiger partial charge on any atom is 0.322 e. The molecule has 1 fully saturated rings. The van der Waals surface area contributed by atoms with Crippen LogP contribution in [-0.2, 0) is 0 Å². The summed E-state index contributed by atoms with van der Waals surface area (Å²) >= 11 is 7.87. The van der Waals surface area contributed by atoms with Gasteiger partial charge in [-0.15, -0.1) is 0 Å². The monoisotopic (exact) mass is 302 g/mol. The van der Waals surface area contributed by atoms with Crippen molar-refractivity contribution in [1.82, 2.24) is 15.0 Å². The van der Waals surface area contributed by atoms with Crippen molar-refractivity contribution >= 4 is 29.3 Å². The Kier molecular flexibility index (Phi) is 5.51. The van der Waals surface area contributed by atoms with Crippen LogP contribution in [0.3, 0.4) is 0 Å². The molecular formula is C12H19ClN4OS. The molecule has 1 aromatic rings. The van der Waals surface area contributed by atoms with Gasteiger partial charge in [-0.25, -0.2) is 0 Å². The van der Waals surface area contributed by atoms with E-state index in [2.05, 4.69) is 20.3 Å². The van der Waals surface area contributed by atoms with Crippen LogP contribution in [0.25, 0.3) is 0 Å². The van der Waals surface area contributed by atoms with Crippen LogP contribution in [-0.4, -0.2) is 38.6 Å².